The first-order valence-electron chi connectivity index (χ1n) is 16.6. The number of amides is 2. The van der Waals surface area contributed by atoms with Gasteiger partial charge in [0, 0.05) is 13.8 Å². The second-order valence-electron chi connectivity index (χ2n) is 12.4. The highest BCUT2D eigenvalue weighted by Crippen LogP contribution is 2.32. The van der Waals surface area contributed by atoms with Crippen molar-refractivity contribution < 1.29 is 53.3 Å². The zero-order valence-electron chi connectivity index (χ0n) is 28.1. The molecular formula is C37H46N2O11. The highest BCUT2D eigenvalue weighted by Gasteiger charge is 2.53. The molecule has 50 heavy (non-hydrogen) atoms. The summed E-state index contributed by atoms with van der Waals surface area (Å²) in [7, 11) is 0. The smallest absolute Gasteiger partial charge is 0.217 e. The lowest BCUT2D eigenvalue weighted by atomic mass is 9.94. The van der Waals surface area contributed by atoms with Crippen LogP contribution in [0.3, 0.4) is 0 Å². The van der Waals surface area contributed by atoms with E-state index in [1.807, 2.05) is 91.0 Å². The molecule has 0 saturated carbocycles. The summed E-state index contributed by atoms with van der Waals surface area (Å²) in [6, 6.07) is 26.3. The first-order chi connectivity index (χ1) is 24.2. The van der Waals surface area contributed by atoms with Crippen LogP contribution in [0.5, 0.6) is 0 Å². The topological polar surface area (TPSA) is 174 Å². The first kappa shape index (κ1) is 37.5. The van der Waals surface area contributed by atoms with Crippen molar-refractivity contribution in [3.8, 4) is 0 Å². The minimum Gasteiger partial charge on any atom is -0.394 e. The average molecular weight is 695 g/mol. The SMILES string of the molecule is CC(=O)N[C@@H]1[C@H](O[C@H]2[C@H](OCc3ccccc3)[C@H](NC(C)=O)[C@@H](OCc3ccccc3)O[C@@H]2COCc2ccccc2)O[C@H](CO)[C@@H](O)[C@@H]1O. The molecule has 13 heteroatoms. The summed E-state index contributed by atoms with van der Waals surface area (Å²) in [6.45, 7) is 2.50. The Morgan fingerprint density at radius 3 is 1.68 bits per heavy atom. The van der Waals surface area contributed by atoms with Crippen molar-refractivity contribution in [2.24, 2.45) is 0 Å². The number of aliphatic hydroxyl groups is 3. The van der Waals surface area contributed by atoms with Gasteiger partial charge in [-0.1, -0.05) is 91.0 Å². The van der Waals surface area contributed by atoms with Crippen molar-refractivity contribution in [1.29, 1.82) is 0 Å². The molecule has 2 amide bonds. The van der Waals surface area contributed by atoms with Gasteiger partial charge in [-0.15, -0.1) is 0 Å². The molecule has 0 unspecified atom stereocenters. The lowest BCUT2D eigenvalue weighted by Crippen LogP contribution is -2.69. The number of benzene rings is 3. The van der Waals surface area contributed by atoms with Crippen LogP contribution in [0.1, 0.15) is 30.5 Å². The van der Waals surface area contributed by atoms with E-state index >= 15 is 0 Å². The van der Waals surface area contributed by atoms with Gasteiger partial charge >= 0.3 is 0 Å². The monoisotopic (exact) mass is 694 g/mol. The molecule has 0 bridgehead atoms. The van der Waals surface area contributed by atoms with Gasteiger partial charge in [0.05, 0.1) is 33.0 Å². The Hall–Kier alpha value is -3.76. The fraction of sp³-hybridized carbons (Fsp3) is 0.459. The van der Waals surface area contributed by atoms with E-state index in [4.69, 9.17) is 28.4 Å². The Morgan fingerprint density at radius 2 is 1.14 bits per heavy atom. The summed E-state index contributed by atoms with van der Waals surface area (Å²) in [6.07, 6.45) is -9.63. The Kier molecular flexibility index (Phi) is 13.8. The largest absolute Gasteiger partial charge is 0.394 e. The summed E-state index contributed by atoms with van der Waals surface area (Å²) in [5, 5.41) is 37.2. The van der Waals surface area contributed by atoms with Crippen LogP contribution in [0.25, 0.3) is 0 Å². The summed E-state index contributed by atoms with van der Waals surface area (Å²) >= 11 is 0. The van der Waals surface area contributed by atoms with E-state index in [1.54, 1.807) is 0 Å². The van der Waals surface area contributed by atoms with Crippen molar-refractivity contribution in [3.63, 3.8) is 0 Å². The third-order valence-electron chi connectivity index (χ3n) is 8.49. The van der Waals surface area contributed by atoms with Gasteiger partial charge in [-0.05, 0) is 16.7 Å². The van der Waals surface area contributed by atoms with Crippen molar-refractivity contribution in [3.05, 3.63) is 108 Å². The van der Waals surface area contributed by atoms with Crippen LogP contribution in [0.15, 0.2) is 91.0 Å². The van der Waals surface area contributed by atoms with E-state index in [0.29, 0.717) is 0 Å². The van der Waals surface area contributed by atoms with Crippen LogP contribution >= 0.6 is 0 Å². The lowest BCUT2D eigenvalue weighted by Gasteiger charge is -2.49. The van der Waals surface area contributed by atoms with Crippen LogP contribution < -0.4 is 10.6 Å². The van der Waals surface area contributed by atoms with E-state index in [2.05, 4.69) is 10.6 Å². The fourth-order valence-electron chi connectivity index (χ4n) is 6.06. The molecule has 3 aromatic rings. The van der Waals surface area contributed by atoms with Crippen LogP contribution in [0.2, 0.25) is 0 Å². The van der Waals surface area contributed by atoms with Gasteiger partial charge < -0.3 is 54.4 Å². The van der Waals surface area contributed by atoms with Crippen LogP contribution in [-0.2, 0) is 57.8 Å². The molecular weight excluding hydrogens is 648 g/mol. The number of rotatable bonds is 15. The van der Waals surface area contributed by atoms with E-state index in [9.17, 15) is 24.9 Å². The molecule has 0 aliphatic carbocycles. The van der Waals surface area contributed by atoms with E-state index in [1.165, 1.54) is 13.8 Å². The van der Waals surface area contributed by atoms with Crippen molar-refractivity contribution in [2.45, 2.75) is 95.0 Å². The predicted molar refractivity (Wildman–Crippen MR) is 179 cm³/mol. The Bertz CT molecular complexity index is 1470. The summed E-state index contributed by atoms with van der Waals surface area (Å²) < 4.78 is 38.1. The number of hydrogen-bond donors (Lipinski definition) is 5. The predicted octanol–water partition coefficient (Wildman–Crippen LogP) is 1.56. The highest BCUT2D eigenvalue weighted by molar-refractivity contribution is 5.73. The quantitative estimate of drug-likeness (QED) is 0.156. The highest BCUT2D eigenvalue weighted by atomic mass is 16.7. The number of ether oxygens (including phenoxy) is 6. The zero-order valence-corrected chi connectivity index (χ0v) is 28.1. The van der Waals surface area contributed by atoms with Crippen LogP contribution in [0, 0.1) is 0 Å². The number of carbonyl (C=O) groups is 2. The molecule has 2 aliphatic rings. The summed E-state index contributed by atoms with van der Waals surface area (Å²) in [4.78, 5) is 24.9. The zero-order chi connectivity index (χ0) is 35.5. The molecule has 0 spiro atoms. The van der Waals surface area contributed by atoms with Gasteiger partial charge in [0.1, 0.15) is 48.7 Å². The van der Waals surface area contributed by atoms with E-state index in [-0.39, 0.29) is 32.3 Å². The molecule has 13 nitrogen and oxygen atoms in total. The maximum absolute atomic E-state index is 12.7. The van der Waals surface area contributed by atoms with E-state index in [0.717, 1.165) is 16.7 Å². The molecule has 2 fully saturated rings. The lowest BCUT2D eigenvalue weighted by molar-refractivity contribution is -0.339. The Balaban J connectivity index is 1.50. The van der Waals surface area contributed by atoms with Gasteiger partial charge in [0.15, 0.2) is 12.6 Å². The Labute approximate surface area is 291 Å². The third kappa shape index (κ3) is 10.2. The number of nitrogens with one attached hydrogen (secondary N) is 2. The standard InChI is InChI=1S/C37H46N2O11/c1-23(41)38-30-33(44)32(43)28(18-40)48-37(30)50-34-29(22-45-19-25-12-6-3-7-13-25)49-36(47-21-27-16-10-5-11-17-27)31(39-24(2)42)35(34)46-20-26-14-8-4-9-15-26/h3-17,28-37,40,43-44H,18-22H2,1-2H3,(H,38,41)(H,39,42)/t28-,29-,30+,31+,32-,33-,34-,35-,36+,37+/m1/s1. The number of hydrogen-bond acceptors (Lipinski definition) is 11. The maximum atomic E-state index is 12.7. The second kappa shape index (κ2) is 18.5. The van der Waals surface area contributed by atoms with E-state index < -0.39 is 73.8 Å². The van der Waals surface area contributed by atoms with Crippen molar-refractivity contribution >= 4 is 11.8 Å². The van der Waals surface area contributed by atoms with Crippen LogP contribution in [-0.4, -0.2) is 102 Å². The molecule has 5 N–H and O–H groups in total. The van der Waals surface area contributed by atoms with Crippen LogP contribution in [0.4, 0.5) is 0 Å². The van der Waals surface area contributed by atoms with Crippen molar-refractivity contribution in [1.82, 2.24) is 10.6 Å². The van der Waals surface area contributed by atoms with Crippen molar-refractivity contribution in [2.75, 3.05) is 13.2 Å². The van der Waals surface area contributed by atoms with Gasteiger partial charge in [-0.25, -0.2) is 0 Å². The molecule has 2 saturated heterocycles. The number of carbonyl (C=O) groups excluding carboxylic acids is 2. The minimum atomic E-state index is -1.55. The molecule has 0 aromatic heterocycles. The first-order valence-corrected chi connectivity index (χ1v) is 16.6. The molecule has 2 heterocycles. The summed E-state index contributed by atoms with van der Waals surface area (Å²) in [5.74, 6) is -0.882. The molecule has 3 aromatic carbocycles. The maximum Gasteiger partial charge on any atom is 0.217 e. The minimum absolute atomic E-state index is 0.0190. The molecule has 10 atom stereocenters. The molecule has 2 aliphatic heterocycles. The number of aliphatic hydroxyl groups excluding tert-OH is 3. The second-order valence-corrected chi connectivity index (χ2v) is 12.4. The van der Waals surface area contributed by atoms with Gasteiger partial charge in [-0.2, -0.15) is 0 Å². The van der Waals surface area contributed by atoms with Gasteiger partial charge in [0.2, 0.25) is 11.8 Å². The fourth-order valence-corrected chi connectivity index (χ4v) is 6.06. The Morgan fingerprint density at radius 1 is 0.640 bits per heavy atom. The average Bonchev–Trinajstić information content (AvgIpc) is 3.12. The summed E-state index contributed by atoms with van der Waals surface area (Å²) in [5.41, 5.74) is 2.66. The third-order valence-corrected chi connectivity index (χ3v) is 8.49. The molecule has 0 radical (unpaired) electrons. The molecule has 5 rings (SSSR count). The van der Waals surface area contributed by atoms with Gasteiger partial charge in [0.25, 0.3) is 0 Å². The molecule has 270 valence electrons. The normalized spacial score (nSPS) is 29.6. The van der Waals surface area contributed by atoms with Gasteiger partial charge in [-0.3, -0.25) is 9.59 Å².